The van der Waals surface area contributed by atoms with Crippen molar-refractivity contribution in [1.82, 2.24) is 15.1 Å². The van der Waals surface area contributed by atoms with Gasteiger partial charge in [0.15, 0.2) is 0 Å². The van der Waals surface area contributed by atoms with E-state index in [2.05, 4.69) is 66.0 Å². The van der Waals surface area contributed by atoms with Crippen LogP contribution in [0.25, 0.3) is 10.8 Å². The van der Waals surface area contributed by atoms with Crippen molar-refractivity contribution in [3.8, 4) is 0 Å². The molecular weight excluding hydrogens is 258 g/mol. The van der Waals surface area contributed by atoms with Gasteiger partial charge in [-0.15, -0.1) is 0 Å². The summed E-state index contributed by atoms with van der Waals surface area (Å²) in [5, 5.41) is 10.5. The maximum Gasteiger partial charge on any atom is 0.0673 e. The second-order valence-corrected chi connectivity index (χ2v) is 5.39. The van der Waals surface area contributed by atoms with Crippen LogP contribution in [0.1, 0.15) is 29.8 Å². The Labute approximate surface area is 125 Å². The van der Waals surface area contributed by atoms with Crippen LogP contribution in [0.4, 0.5) is 0 Å². The Balaban J connectivity index is 2.08. The van der Waals surface area contributed by atoms with Crippen LogP contribution in [0, 0.1) is 0 Å². The molecule has 1 heterocycles. The molecule has 0 fully saturated rings. The van der Waals surface area contributed by atoms with E-state index in [1.807, 2.05) is 18.8 Å². The molecule has 3 aromatic rings. The maximum absolute atomic E-state index is 4.56. The van der Waals surface area contributed by atoms with Gasteiger partial charge in [0, 0.05) is 18.8 Å². The van der Waals surface area contributed by atoms with Crippen molar-refractivity contribution >= 4 is 10.8 Å². The Morgan fingerprint density at radius 2 is 1.90 bits per heavy atom. The number of hydrogen-bond acceptors (Lipinski definition) is 2. The zero-order valence-corrected chi connectivity index (χ0v) is 12.8. The Morgan fingerprint density at radius 1 is 1.14 bits per heavy atom. The summed E-state index contributed by atoms with van der Waals surface area (Å²) < 4.78 is 1.90. The van der Waals surface area contributed by atoms with Crippen LogP contribution < -0.4 is 5.32 Å². The first kappa shape index (κ1) is 13.8. The minimum Gasteiger partial charge on any atom is -0.309 e. The van der Waals surface area contributed by atoms with E-state index in [4.69, 9.17) is 0 Å². The van der Waals surface area contributed by atoms with E-state index in [0.717, 1.165) is 12.1 Å². The van der Waals surface area contributed by atoms with Gasteiger partial charge >= 0.3 is 0 Å². The highest BCUT2D eigenvalue weighted by Crippen LogP contribution is 2.27. The van der Waals surface area contributed by atoms with Crippen molar-refractivity contribution in [2.24, 2.45) is 7.05 Å². The summed E-state index contributed by atoms with van der Waals surface area (Å²) >= 11 is 0. The lowest BCUT2D eigenvalue weighted by atomic mass is 9.96. The van der Waals surface area contributed by atoms with Crippen molar-refractivity contribution < 1.29 is 0 Å². The summed E-state index contributed by atoms with van der Waals surface area (Å²) in [4.78, 5) is 0. The zero-order valence-electron chi connectivity index (χ0n) is 12.8. The number of fused-ring (bicyclic) bond motifs is 1. The molecule has 1 unspecified atom stereocenters. The molecule has 3 heteroatoms. The Bertz CT molecular complexity index is 758. The standard InChI is InChI=1S/C18H21N3/c1-4-17-16(12-21(3)20-17)18(19-2)15-10-9-13-7-5-6-8-14(13)11-15/h5-12,18-19H,4H2,1-3H3. The second kappa shape index (κ2) is 5.70. The molecule has 3 rings (SSSR count). The first-order chi connectivity index (χ1) is 10.2. The van der Waals surface area contributed by atoms with Gasteiger partial charge in [0.05, 0.1) is 11.7 Å². The Morgan fingerprint density at radius 3 is 2.62 bits per heavy atom. The molecule has 0 saturated carbocycles. The average molecular weight is 279 g/mol. The van der Waals surface area contributed by atoms with Crippen molar-refractivity contribution in [3.05, 3.63) is 65.5 Å². The third kappa shape index (κ3) is 2.57. The van der Waals surface area contributed by atoms with E-state index < -0.39 is 0 Å². The summed E-state index contributed by atoms with van der Waals surface area (Å²) in [5.41, 5.74) is 3.70. The lowest BCUT2D eigenvalue weighted by Gasteiger charge is -2.17. The summed E-state index contributed by atoms with van der Waals surface area (Å²) in [7, 11) is 3.99. The first-order valence-corrected chi connectivity index (χ1v) is 7.41. The van der Waals surface area contributed by atoms with E-state index in [-0.39, 0.29) is 6.04 Å². The molecule has 0 radical (unpaired) electrons. The number of nitrogens with zero attached hydrogens (tertiary/aromatic N) is 2. The van der Waals surface area contributed by atoms with Crippen LogP contribution in [0.5, 0.6) is 0 Å². The normalized spacial score (nSPS) is 12.7. The number of nitrogens with one attached hydrogen (secondary N) is 1. The molecule has 0 spiro atoms. The number of hydrogen-bond donors (Lipinski definition) is 1. The quantitative estimate of drug-likeness (QED) is 0.793. The monoisotopic (exact) mass is 279 g/mol. The Kier molecular flexibility index (Phi) is 3.76. The van der Waals surface area contributed by atoms with Crippen molar-refractivity contribution in [2.75, 3.05) is 7.05 Å². The highest BCUT2D eigenvalue weighted by molar-refractivity contribution is 5.83. The molecule has 0 aliphatic rings. The molecule has 108 valence electrons. The highest BCUT2D eigenvalue weighted by Gasteiger charge is 2.18. The summed E-state index contributed by atoms with van der Waals surface area (Å²) in [5.74, 6) is 0. The largest absolute Gasteiger partial charge is 0.309 e. The molecule has 0 aliphatic carbocycles. The lowest BCUT2D eigenvalue weighted by Crippen LogP contribution is -2.18. The van der Waals surface area contributed by atoms with E-state index in [1.54, 1.807) is 0 Å². The number of aromatic nitrogens is 2. The predicted octanol–water partition coefficient (Wildman–Crippen LogP) is 3.44. The fourth-order valence-electron chi connectivity index (χ4n) is 2.96. The van der Waals surface area contributed by atoms with Gasteiger partial charge in [-0.2, -0.15) is 5.10 Å². The highest BCUT2D eigenvalue weighted by atomic mass is 15.3. The summed E-state index contributed by atoms with van der Waals surface area (Å²) in [6.45, 7) is 2.15. The molecule has 2 aromatic carbocycles. The minimum absolute atomic E-state index is 0.179. The topological polar surface area (TPSA) is 29.9 Å². The number of benzene rings is 2. The lowest BCUT2D eigenvalue weighted by molar-refractivity contribution is 0.684. The number of aryl methyl sites for hydroxylation is 2. The molecule has 1 atom stereocenters. The van der Waals surface area contributed by atoms with Gasteiger partial charge in [-0.3, -0.25) is 4.68 Å². The maximum atomic E-state index is 4.56. The van der Waals surface area contributed by atoms with Gasteiger partial charge in [0.1, 0.15) is 0 Å². The Hall–Kier alpha value is -2.13. The molecule has 1 aromatic heterocycles. The predicted molar refractivity (Wildman–Crippen MR) is 87.4 cm³/mol. The molecule has 0 saturated heterocycles. The molecule has 3 nitrogen and oxygen atoms in total. The molecular formula is C18H21N3. The average Bonchev–Trinajstić information content (AvgIpc) is 2.89. The van der Waals surface area contributed by atoms with E-state index in [0.29, 0.717) is 0 Å². The summed E-state index contributed by atoms with van der Waals surface area (Å²) in [6.07, 6.45) is 3.07. The van der Waals surface area contributed by atoms with Crippen LogP contribution in [0.15, 0.2) is 48.7 Å². The van der Waals surface area contributed by atoms with E-state index in [9.17, 15) is 0 Å². The molecule has 0 amide bonds. The van der Waals surface area contributed by atoms with Gasteiger partial charge in [-0.1, -0.05) is 43.3 Å². The fourth-order valence-corrected chi connectivity index (χ4v) is 2.96. The third-order valence-electron chi connectivity index (χ3n) is 3.98. The number of rotatable bonds is 4. The van der Waals surface area contributed by atoms with Crippen molar-refractivity contribution in [2.45, 2.75) is 19.4 Å². The van der Waals surface area contributed by atoms with Crippen LogP contribution >= 0.6 is 0 Å². The molecule has 0 bridgehead atoms. The van der Waals surface area contributed by atoms with Crippen LogP contribution in [0.3, 0.4) is 0 Å². The minimum atomic E-state index is 0.179. The SMILES string of the molecule is CCc1nn(C)cc1C(NC)c1ccc2ccccc2c1. The van der Waals surface area contributed by atoms with Gasteiger partial charge < -0.3 is 5.32 Å². The van der Waals surface area contributed by atoms with Gasteiger partial charge in [0.2, 0.25) is 0 Å². The van der Waals surface area contributed by atoms with Crippen molar-refractivity contribution in [3.63, 3.8) is 0 Å². The van der Waals surface area contributed by atoms with Crippen LogP contribution in [0.2, 0.25) is 0 Å². The molecule has 1 N–H and O–H groups in total. The van der Waals surface area contributed by atoms with E-state index >= 15 is 0 Å². The van der Waals surface area contributed by atoms with Crippen LogP contribution in [-0.4, -0.2) is 16.8 Å². The van der Waals surface area contributed by atoms with Gasteiger partial charge in [-0.25, -0.2) is 0 Å². The molecule has 0 aliphatic heterocycles. The summed E-state index contributed by atoms with van der Waals surface area (Å²) in [6, 6.07) is 15.3. The fraction of sp³-hybridized carbons (Fsp3) is 0.278. The second-order valence-electron chi connectivity index (χ2n) is 5.39. The van der Waals surface area contributed by atoms with E-state index in [1.165, 1.54) is 21.9 Å². The van der Waals surface area contributed by atoms with Gasteiger partial charge in [0.25, 0.3) is 0 Å². The zero-order chi connectivity index (χ0) is 14.8. The van der Waals surface area contributed by atoms with Gasteiger partial charge in [-0.05, 0) is 35.9 Å². The van der Waals surface area contributed by atoms with Crippen LogP contribution in [-0.2, 0) is 13.5 Å². The van der Waals surface area contributed by atoms with Crippen molar-refractivity contribution in [1.29, 1.82) is 0 Å². The first-order valence-electron chi connectivity index (χ1n) is 7.41. The third-order valence-corrected chi connectivity index (χ3v) is 3.98. The smallest absolute Gasteiger partial charge is 0.0673 e. The molecule has 21 heavy (non-hydrogen) atoms.